The number of phenols is 1. The van der Waals surface area contributed by atoms with E-state index < -0.39 is 5.66 Å². The smallest absolute Gasteiger partial charge is 0.179 e. The minimum Gasteiger partial charge on any atom is -0.508 e. The minimum absolute atomic E-state index is 0.190. The Morgan fingerprint density at radius 1 is 1.39 bits per heavy atom. The van der Waals surface area contributed by atoms with Gasteiger partial charge >= 0.3 is 0 Å². The van der Waals surface area contributed by atoms with Crippen molar-refractivity contribution in [3.05, 3.63) is 52.8 Å². The number of piperazine rings is 1. The molecule has 3 heterocycles. The van der Waals surface area contributed by atoms with Crippen molar-refractivity contribution in [1.29, 1.82) is 0 Å². The molecular weight excluding hydrogens is 354 g/mol. The number of rotatable bonds is 5. The lowest BCUT2D eigenvalue weighted by Crippen LogP contribution is -2.59. The zero-order chi connectivity index (χ0) is 19.7. The van der Waals surface area contributed by atoms with Gasteiger partial charge in [0.15, 0.2) is 5.66 Å². The number of nitrogens with zero attached hydrogens (tertiary/aromatic N) is 3. The van der Waals surface area contributed by atoms with Crippen molar-refractivity contribution in [2.75, 3.05) is 25.0 Å². The summed E-state index contributed by atoms with van der Waals surface area (Å²) in [6, 6.07) is 8.92. The van der Waals surface area contributed by atoms with Crippen LogP contribution in [0.4, 0.5) is 5.69 Å². The second-order valence-corrected chi connectivity index (χ2v) is 7.52. The molecule has 0 spiro atoms. The molecule has 1 fully saturated rings. The lowest BCUT2D eigenvalue weighted by atomic mass is 9.97. The number of hydrogen-bond acceptors (Lipinski definition) is 7. The van der Waals surface area contributed by atoms with Crippen LogP contribution in [0.2, 0.25) is 0 Å². The molecule has 2 aliphatic rings. The van der Waals surface area contributed by atoms with Crippen molar-refractivity contribution >= 4 is 18.0 Å². The summed E-state index contributed by atoms with van der Waals surface area (Å²) in [7, 11) is 0. The Morgan fingerprint density at radius 2 is 2.25 bits per heavy atom. The Labute approximate surface area is 163 Å². The number of anilines is 1. The summed E-state index contributed by atoms with van der Waals surface area (Å²) in [4.78, 5) is 23.7. The third-order valence-corrected chi connectivity index (χ3v) is 5.14. The molecule has 1 aromatic carbocycles. The van der Waals surface area contributed by atoms with Gasteiger partial charge in [0, 0.05) is 37.1 Å². The molecule has 7 nitrogen and oxygen atoms in total. The molecule has 4 rings (SSSR count). The molecule has 146 valence electrons. The number of nitrogens with one attached hydrogen (secondary N) is 2. The van der Waals surface area contributed by atoms with Crippen LogP contribution < -0.4 is 21.2 Å². The van der Waals surface area contributed by atoms with E-state index in [-0.39, 0.29) is 17.8 Å². The molecule has 0 saturated carbocycles. The number of aldehydes is 1. The number of aromatic nitrogens is 1. The molecule has 1 aromatic heterocycles. The highest BCUT2D eigenvalue weighted by Gasteiger charge is 2.45. The van der Waals surface area contributed by atoms with Crippen LogP contribution in [0.25, 0.3) is 6.08 Å². The summed E-state index contributed by atoms with van der Waals surface area (Å²) in [6.07, 6.45) is 4.73. The van der Waals surface area contributed by atoms with Crippen molar-refractivity contribution in [2.45, 2.75) is 31.6 Å². The van der Waals surface area contributed by atoms with Crippen LogP contribution in [-0.4, -0.2) is 53.0 Å². The highest BCUT2D eigenvalue weighted by Crippen LogP contribution is 2.38. The molecule has 1 saturated heterocycles. The third kappa shape index (κ3) is 3.16. The second kappa shape index (κ2) is 7.33. The standard InChI is InChI=1S/C21H25N5O2/c1-14(2)24-19-4-3-7-23-20(19)21(26-9-8-22-12-16(26)13-27)11-15-10-17(28)5-6-18(15)25-21/h3-7,10-11,13-14,16,22,24,28H,8-9,12H2,1-2H3. The van der Waals surface area contributed by atoms with Gasteiger partial charge in [-0.1, -0.05) is 0 Å². The van der Waals surface area contributed by atoms with Crippen LogP contribution in [-0.2, 0) is 10.5 Å². The first-order chi connectivity index (χ1) is 13.5. The fourth-order valence-corrected chi connectivity index (χ4v) is 3.99. The van der Waals surface area contributed by atoms with Crippen LogP contribution in [0.1, 0.15) is 19.5 Å². The van der Waals surface area contributed by atoms with Gasteiger partial charge < -0.3 is 20.5 Å². The molecular formula is C21H25N5O2. The summed E-state index contributed by atoms with van der Waals surface area (Å²) < 4.78 is 0. The molecule has 0 radical (unpaired) electrons. The Kier molecular flexibility index (Phi) is 4.87. The fourth-order valence-electron chi connectivity index (χ4n) is 3.99. The van der Waals surface area contributed by atoms with E-state index in [9.17, 15) is 9.90 Å². The minimum atomic E-state index is -0.914. The number of carbonyl (C=O) groups excluding carboxylic acids is 1. The molecule has 0 bridgehead atoms. The summed E-state index contributed by atoms with van der Waals surface area (Å²) >= 11 is 0. The van der Waals surface area contributed by atoms with E-state index in [0.717, 1.165) is 34.8 Å². The average molecular weight is 379 g/mol. The van der Waals surface area contributed by atoms with Gasteiger partial charge in [0.25, 0.3) is 0 Å². The normalized spacial score (nSPS) is 24.3. The second-order valence-electron chi connectivity index (χ2n) is 7.52. The molecule has 2 aliphatic heterocycles. The Balaban J connectivity index is 1.96. The molecule has 28 heavy (non-hydrogen) atoms. The van der Waals surface area contributed by atoms with Crippen LogP contribution in [0.15, 0.2) is 41.5 Å². The van der Waals surface area contributed by atoms with Crippen molar-refractivity contribution in [2.24, 2.45) is 4.99 Å². The van der Waals surface area contributed by atoms with Crippen LogP contribution in [0, 0.1) is 0 Å². The molecule has 2 aromatic rings. The number of pyridine rings is 1. The van der Waals surface area contributed by atoms with Gasteiger partial charge in [-0.3, -0.25) is 14.9 Å². The first-order valence-corrected chi connectivity index (χ1v) is 9.60. The number of benzene rings is 1. The van der Waals surface area contributed by atoms with E-state index in [2.05, 4.69) is 29.4 Å². The van der Waals surface area contributed by atoms with Gasteiger partial charge in [-0.2, -0.15) is 0 Å². The fraction of sp³-hybridized carbons (Fsp3) is 0.381. The largest absolute Gasteiger partial charge is 0.508 e. The average Bonchev–Trinajstić information content (AvgIpc) is 3.07. The van der Waals surface area contributed by atoms with Crippen LogP contribution in [0.5, 0.6) is 5.75 Å². The van der Waals surface area contributed by atoms with Gasteiger partial charge in [0.2, 0.25) is 0 Å². The molecule has 0 amide bonds. The van der Waals surface area contributed by atoms with E-state index >= 15 is 0 Å². The Hall–Kier alpha value is -2.77. The summed E-state index contributed by atoms with van der Waals surface area (Å²) in [6.45, 7) is 6.13. The van der Waals surface area contributed by atoms with Crippen molar-refractivity contribution in [1.82, 2.24) is 15.2 Å². The van der Waals surface area contributed by atoms with E-state index in [1.54, 1.807) is 24.4 Å². The maximum atomic E-state index is 11.9. The Morgan fingerprint density at radius 3 is 3.04 bits per heavy atom. The van der Waals surface area contributed by atoms with Gasteiger partial charge in [0.1, 0.15) is 17.7 Å². The molecule has 7 heteroatoms. The van der Waals surface area contributed by atoms with Gasteiger partial charge in [-0.05, 0) is 50.3 Å². The first kappa shape index (κ1) is 18.6. The molecule has 2 atom stereocenters. The van der Waals surface area contributed by atoms with E-state index in [4.69, 9.17) is 9.98 Å². The predicted octanol–water partition coefficient (Wildman–Crippen LogP) is 0.347. The van der Waals surface area contributed by atoms with Crippen molar-refractivity contribution in [3.63, 3.8) is 0 Å². The van der Waals surface area contributed by atoms with Crippen molar-refractivity contribution < 1.29 is 9.90 Å². The number of carbonyl (C=O) groups is 1. The number of phenolic OH excluding ortho intramolecular Hbond substituents is 1. The highest BCUT2D eigenvalue weighted by atomic mass is 16.3. The predicted molar refractivity (Wildman–Crippen MR) is 107 cm³/mol. The van der Waals surface area contributed by atoms with E-state index in [1.807, 2.05) is 18.2 Å². The SMILES string of the molecule is CC(C)Nc1cccnc1C1(N2CCNCC2C=O)C=c2cc(O)ccc2=N1. The quantitative estimate of drug-likeness (QED) is 0.650. The lowest BCUT2D eigenvalue weighted by molar-refractivity contribution is -0.115. The number of fused-ring (bicyclic) bond motifs is 1. The Bertz CT molecular complexity index is 1010. The maximum Gasteiger partial charge on any atom is 0.179 e. The molecule has 2 unspecified atom stereocenters. The zero-order valence-corrected chi connectivity index (χ0v) is 16.1. The first-order valence-electron chi connectivity index (χ1n) is 9.60. The van der Waals surface area contributed by atoms with Gasteiger partial charge in [0.05, 0.1) is 17.1 Å². The topological polar surface area (TPSA) is 89.9 Å². The number of aromatic hydroxyl groups is 1. The maximum absolute atomic E-state index is 11.9. The monoisotopic (exact) mass is 379 g/mol. The third-order valence-electron chi connectivity index (χ3n) is 5.14. The van der Waals surface area contributed by atoms with Gasteiger partial charge in [-0.25, -0.2) is 0 Å². The summed E-state index contributed by atoms with van der Waals surface area (Å²) in [5.41, 5.74) is 0.730. The van der Waals surface area contributed by atoms with E-state index in [0.29, 0.717) is 13.1 Å². The number of hydrogen-bond donors (Lipinski definition) is 3. The lowest BCUT2D eigenvalue weighted by Gasteiger charge is -2.43. The van der Waals surface area contributed by atoms with Crippen LogP contribution in [0.3, 0.4) is 0 Å². The molecule has 3 N–H and O–H groups in total. The highest BCUT2D eigenvalue weighted by molar-refractivity contribution is 5.63. The van der Waals surface area contributed by atoms with Gasteiger partial charge in [-0.15, -0.1) is 0 Å². The van der Waals surface area contributed by atoms with E-state index in [1.165, 1.54) is 0 Å². The van der Waals surface area contributed by atoms with Crippen molar-refractivity contribution in [3.8, 4) is 5.75 Å². The summed E-state index contributed by atoms with van der Waals surface area (Å²) in [5, 5.41) is 18.3. The molecule has 0 aliphatic carbocycles. The zero-order valence-electron chi connectivity index (χ0n) is 16.1. The summed E-state index contributed by atoms with van der Waals surface area (Å²) in [5.74, 6) is 0.190. The van der Waals surface area contributed by atoms with Crippen LogP contribution >= 0.6 is 0 Å².